The van der Waals surface area contributed by atoms with Gasteiger partial charge in [-0.05, 0) is 26.4 Å². The van der Waals surface area contributed by atoms with E-state index in [-0.39, 0.29) is 0 Å². The lowest BCUT2D eigenvalue weighted by atomic mass is 10.1. The maximum Gasteiger partial charge on any atom is 0.331 e. The monoisotopic (exact) mass is 246 g/mol. The third kappa shape index (κ3) is 10.6. The first-order valence-corrected chi connectivity index (χ1v) is 9.72. The minimum Gasteiger partial charge on any atom is -0.395 e. The maximum atomic E-state index is 5.81. The average Bonchev–Trinajstić information content (AvgIpc) is 2.22. The summed E-state index contributed by atoms with van der Waals surface area (Å²) in [7, 11) is -1.78. The van der Waals surface area contributed by atoms with E-state index >= 15 is 0 Å². The van der Waals surface area contributed by atoms with Crippen molar-refractivity contribution in [1.82, 2.24) is 0 Å². The number of hydrogen-bond donors (Lipinski definition) is 0. The molecular formula is C13H30O2Si. The molecule has 0 aromatic heterocycles. The van der Waals surface area contributed by atoms with Crippen molar-refractivity contribution in [2.75, 3.05) is 13.2 Å². The van der Waals surface area contributed by atoms with Crippen LogP contribution < -0.4 is 0 Å². The Balaban J connectivity index is 3.20. The van der Waals surface area contributed by atoms with Crippen molar-refractivity contribution >= 4 is 8.56 Å². The van der Waals surface area contributed by atoms with Crippen LogP contribution in [0.2, 0.25) is 13.1 Å². The summed E-state index contributed by atoms with van der Waals surface area (Å²) in [6.45, 7) is 10.2. The Kier molecular flexibility index (Phi) is 10.4. The fourth-order valence-corrected chi connectivity index (χ4v) is 3.18. The SMILES string of the molecule is CCCCCCCCCO[Si](C)(C)OCC. The Hall–Kier alpha value is 0.137. The molecule has 0 amide bonds. The predicted octanol–water partition coefficient (Wildman–Crippen LogP) is 4.49. The van der Waals surface area contributed by atoms with Crippen LogP contribution in [0.5, 0.6) is 0 Å². The van der Waals surface area contributed by atoms with Crippen molar-refractivity contribution in [2.45, 2.75) is 71.9 Å². The lowest BCUT2D eigenvalue weighted by molar-refractivity contribution is 0.183. The molecule has 0 aromatic rings. The van der Waals surface area contributed by atoms with E-state index in [2.05, 4.69) is 20.0 Å². The first-order valence-electron chi connectivity index (χ1n) is 6.90. The van der Waals surface area contributed by atoms with Crippen molar-refractivity contribution in [3.05, 3.63) is 0 Å². The van der Waals surface area contributed by atoms with Crippen LogP contribution in [0.3, 0.4) is 0 Å². The van der Waals surface area contributed by atoms with Gasteiger partial charge in [-0.15, -0.1) is 0 Å². The molecular weight excluding hydrogens is 216 g/mol. The highest BCUT2D eigenvalue weighted by molar-refractivity contribution is 6.64. The Morgan fingerprint density at radius 1 is 0.750 bits per heavy atom. The van der Waals surface area contributed by atoms with E-state index in [1.807, 2.05) is 6.92 Å². The van der Waals surface area contributed by atoms with Gasteiger partial charge in [0.05, 0.1) is 0 Å². The predicted molar refractivity (Wildman–Crippen MR) is 73.1 cm³/mol. The molecule has 0 aliphatic heterocycles. The topological polar surface area (TPSA) is 18.5 Å². The molecule has 2 nitrogen and oxygen atoms in total. The van der Waals surface area contributed by atoms with Gasteiger partial charge >= 0.3 is 8.56 Å². The summed E-state index contributed by atoms with van der Waals surface area (Å²) in [6, 6.07) is 0. The Bertz CT molecular complexity index is 149. The van der Waals surface area contributed by atoms with Gasteiger partial charge in [-0.1, -0.05) is 45.4 Å². The molecule has 0 aliphatic rings. The van der Waals surface area contributed by atoms with Crippen molar-refractivity contribution in [3.63, 3.8) is 0 Å². The number of rotatable bonds is 11. The van der Waals surface area contributed by atoms with E-state index in [1.54, 1.807) is 0 Å². The average molecular weight is 246 g/mol. The maximum absolute atomic E-state index is 5.81. The zero-order valence-corrected chi connectivity index (χ0v) is 12.7. The molecule has 16 heavy (non-hydrogen) atoms. The van der Waals surface area contributed by atoms with Crippen molar-refractivity contribution in [3.8, 4) is 0 Å². The van der Waals surface area contributed by atoms with E-state index in [1.165, 1.54) is 44.9 Å². The zero-order valence-electron chi connectivity index (χ0n) is 11.7. The molecule has 0 N–H and O–H groups in total. The fraction of sp³-hybridized carbons (Fsp3) is 1.00. The molecule has 0 spiro atoms. The van der Waals surface area contributed by atoms with Crippen molar-refractivity contribution in [2.24, 2.45) is 0 Å². The summed E-state index contributed by atoms with van der Waals surface area (Å²) < 4.78 is 11.4. The molecule has 3 heteroatoms. The van der Waals surface area contributed by atoms with Gasteiger partial charge in [-0.25, -0.2) is 0 Å². The molecule has 0 unspecified atom stereocenters. The van der Waals surface area contributed by atoms with Crippen LogP contribution >= 0.6 is 0 Å². The van der Waals surface area contributed by atoms with Crippen LogP contribution in [0.25, 0.3) is 0 Å². The van der Waals surface area contributed by atoms with Gasteiger partial charge in [0.1, 0.15) is 0 Å². The molecule has 0 rings (SSSR count). The van der Waals surface area contributed by atoms with Gasteiger partial charge in [-0.3, -0.25) is 0 Å². The van der Waals surface area contributed by atoms with Crippen molar-refractivity contribution in [1.29, 1.82) is 0 Å². The second-order valence-corrected chi connectivity index (χ2v) is 8.18. The third-order valence-corrected chi connectivity index (χ3v) is 4.57. The van der Waals surface area contributed by atoms with Gasteiger partial charge in [0.15, 0.2) is 0 Å². The van der Waals surface area contributed by atoms with Crippen molar-refractivity contribution < 1.29 is 8.85 Å². The smallest absolute Gasteiger partial charge is 0.331 e. The Labute approximate surface area is 103 Å². The van der Waals surface area contributed by atoms with Crippen LogP contribution in [0.15, 0.2) is 0 Å². The molecule has 0 atom stereocenters. The minimum atomic E-state index is -1.78. The van der Waals surface area contributed by atoms with Gasteiger partial charge < -0.3 is 8.85 Å². The van der Waals surface area contributed by atoms with Crippen LogP contribution in [-0.2, 0) is 8.85 Å². The van der Waals surface area contributed by atoms with E-state index in [0.29, 0.717) is 0 Å². The first kappa shape index (κ1) is 16.1. The zero-order chi connectivity index (χ0) is 12.3. The quantitative estimate of drug-likeness (QED) is 0.395. The highest BCUT2D eigenvalue weighted by Crippen LogP contribution is 2.10. The van der Waals surface area contributed by atoms with Gasteiger partial charge in [0.2, 0.25) is 0 Å². The summed E-state index contributed by atoms with van der Waals surface area (Å²) >= 11 is 0. The highest BCUT2D eigenvalue weighted by atomic mass is 28.4. The highest BCUT2D eigenvalue weighted by Gasteiger charge is 2.22. The van der Waals surface area contributed by atoms with Crippen LogP contribution in [0, 0.1) is 0 Å². The Morgan fingerprint density at radius 2 is 1.31 bits per heavy atom. The fourth-order valence-electron chi connectivity index (χ4n) is 1.77. The Morgan fingerprint density at radius 3 is 1.88 bits per heavy atom. The molecule has 0 aliphatic carbocycles. The van der Waals surface area contributed by atoms with Crippen LogP contribution in [-0.4, -0.2) is 21.8 Å². The van der Waals surface area contributed by atoms with Crippen LogP contribution in [0.4, 0.5) is 0 Å². The summed E-state index contributed by atoms with van der Waals surface area (Å²) in [5.74, 6) is 0. The molecule has 0 saturated heterocycles. The largest absolute Gasteiger partial charge is 0.395 e. The van der Waals surface area contributed by atoms with E-state index in [9.17, 15) is 0 Å². The summed E-state index contributed by atoms with van der Waals surface area (Å²) in [5.41, 5.74) is 0. The first-order chi connectivity index (χ1) is 7.62. The molecule has 0 radical (unpaired) electrons. The van der Waals surface area contributed by atoms with Crippen LogP contribution in [0.1, 0.15) is 58.8 Å². The molecule has 0 saturated carbocycles. The summed E-state index contributed by atoms with van der Waals surface area (Å²) in [6.07, 6.45) is 9.37. The molecule has 0 bridgehead atoms. The second-order valence-electron chi connectivity index (χ2n) is 4.80. The van der Waals surface area contributed by atoms with Gasteiger partial charge in [-0.2, -0.15) is 0 Å². The summed E-state index contributed by atoms with van der Waals surface area (Å²) in [4.78, 5) is 0. The minimum absolute atomic E-state index is 0.774. The number of hydrogen-bond acceptors (Lipinski definition) is 2. The molecule has 0 fully saturated rings. The second kappa shape index (κ2) is 10.3. The number of unbranched alkanes of at least 4 members (excludes halogenated alkanes) is 6. The standard InChI is InChI=1S/C13H30O2Si/c1-5-7-8-9-10-11-12-13-15-16(3,4)14-6-2/h5-13H2,1-4H3. The summed E-state index contributed by atoms with van der Waals surface area (Å²) in [5, 5.41) is 0. The molecule has 0 heterocycles. The third-order valence-electron chi connectivity index (χ3n) is 2.69. The molecule has 0 aromatic carbocycles. The van der Waals surface area contributed by atoms with Gasteiger partial charge in [0, 0.05) is 13.2 Å². The van der Waals surface area contributed by atoms with E-state index < -0.39 is 8.56 Å². The van der Waals surface area contributed by atoms with E-state index in [4.69, 9.17) is 8.85 Å². The van der Waals surface area contributed by atoms with Gasteiger partial charge in [0.25, 0.3) is 0 Å². The molecule has 98 valence electrons. The van der Waals surface area contributed by atoms with E-state index in [0.717, 1.165) is 13.2 Å². The lowest BCUT2D eigenvalue weighted by Gasteiger charge is -2.21. The lowest BCUT2D eigenvalue weighted by Crippen LogP contribution is -2.35. The normalized spacial score (nSPS) is 12.0.